The molecule has 0 saturated carbocycles. The number of halogens is 3. The zero-order chi connectivity index (χ0) is 23.1. The molecule has 170 valence electrons. The molecule has 0 bridgehead atoms. The third-order valence-electron chi connectivity index (χ3n) is 4.27. The smallest absolute Gasteiger partial charge is 0.497 e. The van der Waals surface area contributed by atoms with Gasteiger partial charge in [-0.05, 0) is 48.9 Å². The van der Waals surface area contributed by atoms with E-state index in [1.807, 2.05) is 19.1 Å². The van der Waals surface area contributed by atoms with E-state index in [1.165, 1.54) is 0 Å². The summed E-state index contributed by atoms with van der Waals surface area (Å²) in [5.41, 5.74) is 0.901. The third-order valence-corrected chi connectivity index (χ3v) is 5.74. The number of nitrogens with one attached hydrogen (secondary N) is 1. The van der Waals surface area contributed by atoms with Gasteiger partial charge in [-0.15, -0.1) is 13.2 Å². The van der Waals surface area contributed by atoms with E-state index >= 15 is 0 Å². The van der Waals surface area contributed by atoms with Crippen LogP contribution in [0.1, 0.15) is 18.9 Å². The summed E-state index contributed by atoms with van der Waals surface area (Å²) in [6.45, 7) is 2.47. The molecule has 0 aliphatic heterocycles. The van der Waals surface area contributed by atoms with Gasteiger partial charge in [0.1, 0.15) is 11.5 Å². The van der Waals surface area contributed by atoms with Crippen LogP contribution in [0.4, 0.5) is 13.2 Å². The van der Waals surface area contributed by atoms with Gasteiger partial charge >= 0.3 is 6.36 Å². The van der Waals surface area contributed by atoms with Gasteiger partial charge < -0.3 is 14.4 Å². The lowest BCUT2D eigenvalue weighted by Gasteiger charge is -2.21. The lowest BCUT2D eigenvalue weighted by molar-refractivity contribution is -0.274. The highest BCUT2D eigenvalue weighted by Gasteiger charge is 2.31. The average Bonchev–Trinajstić information content (AvgIpc) is 2.71. The fourth-order valence-electron chi connectivity index (χ4n) is 2.68. The molecule has 0 saturated heterocycles. The maximum atomic E-state index is 12.4. The Kier molecular flexibility index (Phi) is 8.28. The summed E-state index contributed by atoms with van der Waals surface area (Å²) in [5, 5.41) is 0. The summed E-state index contributed by atoms with van der Waals surface area (Å²) in [6, 6.07) is 11.0. The fraction of sp³-hybridized carbons (Fsp3) is 0.350. The Morgan fingerprint density at radius 1 is 1.03 bits per heavy atom. The fourth-order valence-corrected chi connectivity index (χ4v) is 3.71. The molecule has 31 heavy (non-hydrogen) atoms. The molecule has 0 aliphatic rings. The summed E-state index contributed by atoms with van der Waals surface area (Å²) in [6.07, 6.45) is -4.94. The van der Waals surface area contributed by atoms with Crippen molar-refractivity contribution in [2.45, 2.75) is 31.1 Å². The maximum Gasteiger partial charge on any atom is 0.573 e. The van der Waals surface area contributed by atoms with E-state index in [4.69, 9.17) is 4.74 Å². The van der Waals surface area contributed by atoms with E-state index in [-0.39, 0.29) is 23.8 Å². The summed E-state index contributed by atoms with van der Waals surface area (Å²) in [4.78, 5) is 13.8. The van der Waals surface area contributed by atoms with Gasteiger partial charge in [-0.3, -0.25) is 4.79 Å². The summed E-state index contributed by atoms with van der Waals surface area (Å²) in [5.74, 6) is -0.0702. The molecule has 1 amide bonds. The van der Waals surface area contributed by atoms with Gasteiger partial charge in [0.15, 0.2) is 0 Å². The topological polar surface area (TPSA) is 84.9 Å². The molecule has 0 spiro atoms. The molecule has 2 aromatic carbocycles. The van der Waals surface area contributed by atoms with Crippen molar-refractivity contribution in [2.75, 3.05) is 20.2 Å². The van der Waals surface area contributed by atoms with Gasteiger partial charge in [0.05, 0.1) is 12.0 Å². The van der Waals surface area contributed by atoms with Crippen molar-refractivity contribution >= 4 is 15.9 Å². The summed E-state index contributed by atoms with van der Waals surface area (Å²) >= 11 is 0. The van der Waals surface area contributed by atoms with Crippen LogP contribution in [-0.2, 0) is 21.4 Å². The quantitative estimate of drug-likeness (QED) is 0.588. The highest BCUT2D eigenvalue weighted by Crippen LogP contribution is 2.23. The van der Waals surface area contributed by atoms with Crippen LogP contribution in [0.3, 0.4) is 0 Å². The normalized spacial score (nSPS) is 11.8. The predicted molar refractivity (Wildman–Crippen MR) is 107 cm³/mol. The summed E-state index contributed by atoms with van der Waals surface area (Å²) < 4.78 is 72.2. The number of benzene rings is 2. The molecule has 11 heteroatoms. The van der Waals surface area contributed by atoms with Crippen molar-refractivity contribution in [1.29, 1.82) is 0 Å². The Balaban J connectivity index is 1.90. The average molecular weight is 460 g/mol. The molecular formula is C20H23F3N2O5S. The molecule has 0 aromatic heterocycles. The monoisotopic (exact) mass is 460 g/mol. The van der Waals surface area contributed by atoms with Crippen molar-refractivity contribution in [3.63, 3.8) is 0 Å². The third kappa shape index (κ3) is 7.76. The SMILES string of the molecule is CCN(Cc1ccc(OC)cc1)C(=O)CCNS(=O)(=O)c1ccc(OC(F)(F)F)cc1. The van der Waals surface area contributed by atoms with Crippen molar-refractivity contribution in [3.05, 3.63) is 54.1 Å². The van der Waals surface area contributed by atoms with Crippen molar-refractivity contribution in [1.82, 2.24) is 9.62 Å². The van der Waals surface area contributed by atoms with Crippen LogP contribution in [0.2, 0.25) is 0 Å². The van der Waals surface area contributed by atoms with Crippen LogP contribution in [0, 0.1) is 0 Å². The number of alkyl halides is 3. The maximum absolute atomic E-state index is 12.4. The van der Waals surface area contributed by atoms with E-state index in [9.17, 15) is 26.4 Å². The highest BCUT2D eigenvalue weighted by molar-refractivity contribution is 7.89. The Morgan fingerprint density at radius 3 is 2.13 bits per heavy atom. The molecule has 0 radical (unpaired) electrons. The first kappa shape index (κ1) is 24.5. The molecule has 0 unspecified atom stereocenters. The largest absolute Gasteiger partial charge is 0.573 e. The van der Waals surface area contributed by atoms with E-state index < -0.39 is 22.1 Å². The Hall–Kier alpha value is -2.79. The number of ether oxygens (including phenoxy) is 2. The molecule has 0 atom stereocenters. The minimum Gasteiger partial charge on any atom is -0.497 e. The Labute approximate surface area is 178 Å². The van der Waals surface area contributed by atoms with Gasteiger partial charge in [0, 0.05) is 26.1 Å². The predicted octanol–water partition coefficient (Wildman–Crippen LogP) is 3.31. The van der Waals surface area contributed by atoms with Crippen LogP contribution in [0.5, 0.6) is 11.5 Å². The number of carbonyl (C=O) groups is 1. The number of amides is 1. The second-order valence-corrected chi connectivity index (χ2v) is 8.19. The van der Waals surface area contributed by atoms with Gasteiger partial charge in [0.2, 0.25) is 15.9 Å². The summed E-state index contributed by atoms with van der Waals surface area (Å²) in [7, 11) is -2.43. The first-order valence-electron chi connectivity index (χ1n) is 9.30. The molecule has 1 N–H and O–H groups in total. The van der Waals surface area contributed by atoms with Crippen LogP contribution < -0.4 is 14.2 Å². The highest BCUT2D eigenvalue weighted by atomic mass is 32.2. The van der Waals surface area contributed by atoms with Crippen LogP contribution in [0.15, 0.2) is 53.4 Å². The number of hydrogen-bond acceptors (Lipinski definition) is 5. The van der Waals surface area contributed by atoms with Crippen molar-refractivity contribution in [3.8, 4) is 11.5 Å². The molecule has 0 aliphatic carbocycles. The van der Waals surface area contributed by atoms with Crippen molar-refractivity contribution < 1.29 is 35.9 Å². The Morgan fingerprint density at radius 2 is 1.61 bits per heavy atom. The minimum atomic E-state index is -4.87. The van der Waals surface area contributed by atoms with E-state index in [0.717, 1.165) is 29.8 Å². The van der Waals surface area contributed by atoms with Crippen LogP contribution in [-0.4, -0.2) is 45.8 Å². The van der Waals surface area contributed by atoms with E-state index in [1.54, 1.807) is 24.1 Å². The molecule has 2 rings (SSSR count). The Bertz CT molecular complexity index is 962. The number of methoxy groups -OCH3 is 1. The zero-order valence-corrected chi connectivity index (χ0v) is 17.8. The number of sulfonamides is 1. The van der Waals surface area contributed by atoms with Crippen LogP contribution >= 0.6 is 0 Å². The van der Waals surface area contributed by atoms with Crippen LogP contribution in [0.25, 0.3) is 0 Å². The molecule has 7 nitrogen and oxygen atoms in total. The van der Waals surface area contributed by atoms with Gasteiger partial charge in [-0.25, -0.2) is 13.1 Å². The lowest BCUT2D eigenvalue weighted by atomic mass is 10.2. The number of rotatable bonds is 10. The second-order valence-electron chi connectivity index (χ2n) is 6.42. The first-order chi connectivity index (χ1) is 14.5. The number of hydrogen-bond donors (Lipinski definition) is 1. The van der Waals surface area contributed by atoms with Gasteiger partial charge in [-0.1, -0.05) is 12.1 Å². The lowest BCUT2D eigenvalue weighted by Crippen LogP contribution is -2.34. The van der Waals surface area contributed by atoms with Gasteiger partial charge in [0.25, 0.3) is 0 Å². The molecule has 0 heterocycles. The molecule has 0 fully saturated rings. The first-order valence-corrected chi connectivity index (χ1v) is 10.8. The van der Waals surface area contributed by atoms with E-state index in [0.29, 0.717) is 18.8 Å². The van der Waals surface area contributed by atoms with E-state index in [2.05, 4.69) is 9.46 Å². The number of carbonyl (C=O) groups excluding carboxylic acids is 1. The standard InChI is InChI=1S/C20H23F3N2O5S/c1-3-25(14-15-4-6-16(29-2)7-5-15)19(26)12-13-24-31(27,28)18-10-8-17(9-11-18)30-20(21,22)23/h4-11,24H,3,12-14H2,1-2H3. The van der Waals surface area contributed by atoms with Crippen molar-refractivity contribution in [2.24, 2.45) is 0 Å². The zero-order valence-electron chi connectivity index (χ0n) is 17.0. The molecular weight excluding hydrogens is 437 g/mol. The minimum absolute atomic E-state index is 0.0709. The number of nitrogens with zero attached hydrogens (tertiary/aromatic N) is 1. The molecule has 2 aromatic rings. The second kappa shape index (κ2) is 10.5. The van der Waals surface area contributed by atoms with Gasteiger partial charge in [-0.2, -0.15) is 0 Å².